The quantitative estimate of drug-likeness (QED) is 0.708. The molecule has 0 aliphatic carbocycles. The topological polar surface area (TPSA) is 79.8 Å². The van der Waals surface area contributed by atoms with Crippen LogP contribution < -0.4 is 5.56 Å². The van der Waals surface area contributed by atoms with E-state index >= 15 is 0 Å². The Morgan fingerprint density at radius 2 is 2.31 bits per heavy atom. The minimum absolute atomic E-state index is 0.204. The van der Waals surface area contributed by atoms with Crippen molar-refractivity contribution in [3.8, 4) is 10.6 Å². The van der Waals surface area contributed by atoms with E-state index in [2.05, 4.69) is 11.6 Å². The molecule has 0 spiro atoms. The Hall–Kier alpha value is -2.71. The molecular weight excluding hydrogens is 352 g/mol. The van der Waals surface area contributed by atoms with Gasteiger partial charge in [-0.1, -0.05) is 12.1 Å². The van der Waals surface area contributed by atoms with Crippen molar-refractivity contribution in [2.45, 2.75) is 19.1 Å². The molecule has 0 aromatic carbocycles. The molecular formula is C18H18N4O3S. The molecule has 1 atom stereocenters. The highest BCUT2D eigenvalue weighted by molar-refractivity contribution is 7.13. The molecule has 3 aromatic heterocycles. The van der Waals surface area contributed by atoms with E-state index in [1.165, 1.54) is 11.3 Å². The van der Waals surface area contributed by atoms with Crippen molar-refractivity contribution in [3.63, 3.8) is 0 Å². The molecule has 0 saturated carbocycles. The van der Waals surface area contributed by atoms with E-state index in [9.17, 15) is 14.7 Å². The molecule has 4 rings (SSSR count). The second kappa shape index (κ2) is 6.54. The van der Waals surface area contributed by atoms with Gasteiger partial charge in [-0.05, 0) is 17.9 Å². The highest BCUT2D eigenvalue weighted by Gasteiger charge is 2.27. The number of allylic oxidation sites excluding steroid dienone is 1. The lowest BCUT2D eigenvalue weighted by Crippen LogP contribution is -2.29. The summed E-state index contributed by atoms with van der Waals surface area (Å²) in [5.74, 6) is -0.266. The van der Waals surface area contributed by atoms with Crippen molar-refractivity contribution < 1.29 is 9.90 Å². The summed E-state index contributed by atoms with van der Waals surface area (Å²) in [7, 11) is 0. The lowest BCUT2D eigenvalue weighted by Gasteiger charge is -2.13. The van der Waals surface area contributed by atoms with Crippen molar-refractivity contribution in [3.05, 3.63) is 58.6 Å². The Morgan fingerprint density at radius 3 is 2.96 bits per heavy atom. The van der Waals surface area contributed by atoms with Crippen LogP contribution in [0.1, 0.15) is 16.9 Å². The maximum absolute atomic E-state index is 12.9. The second-order valence-electron chi connectivity index (χ2n) is 6.25. The molecule has 3 aromatic rings. The number of β-amino-alcohol motifs (C(OH)–C–C–N with tert-alkyl or cyclic N) is 1. The molecule has 1 aliphatic heterocycles. The van der Waals surface area contributed by atoms with E-state index in [4.69, 9.17) is 0 Å². The van der Waals surface area contributed by atoms with E-state index in [1.54, 1.807) is 26.1 Å². The van der Waals surface area contributed by atoms with E-state index in [-0.39, 0.29) is 22.8 Å². The summed E-state index contributed by atoms with van der Waals surface area (Å²) in [6, 6.07) is 3.87. The standard InChI is InChI=1S/C18H18N4O3S/c1-2-6-22-14(15-4-3-8-26-15)11-21-10-13(19-16(21)18(22)25)17(24)20-7-5-12(23)9-20/h2-4,8,10-12,23H,1,5-7,9H2/t12-/m0/s1. The number of amides is 1. The molecule has 134 valence electrons. The van der Waals surface area contributed by atoms with E-state index < -0.39 is 6.10 Å². The summed E-state index contributed by atoms with van der Waals surface area (Å²) in [5, 5.41) is 11.6. The number of rotatable bonds is 4. The lowest BCUT2D eigenvalue weighted by molar-refractivity contribution is 0.0760. The average molecular weight is 370 g/mol. The number of carbonyl (C=O) groups excluding carboxylic acids is 1. The molecule has 1 N–H and O–H groups in total. The fraction of sp³-hybridized carbons (Fsp3) is 0.278. The molecule has 8 heteroatoms. The number of nitrogens with zero attached hydrogens (tertiary/aromatic N) is 4. The van der Waals surface area contributed by atoms with Gasteiger partial charge in [0.25, 0.3) is 11.5 Å². The SMILES string of the molecule is C=CCn1c(-c2cccs2)cn2cc(C(=O)N3CC[C@H](O)C3)nc2c1=O. The van der Waals surface area contributed by atoms with Crippen molar-refractivity contribution in [1.82, 2.24) is 18.9 Å². The Balaban J connectivity index is 1.83. The smallest absolute Gasteiger partial charge is 0.295 e. The number of thiophene rings is 1. The molecule has 0 bridgehead atoms. The summed E-state index contributed by atoms with van der Waals surface area (Å²) in [4.78, 5) is 32.3. The van der Waals surface area contributed by atoms with Gasteiger partial charge in [0.05, 0.1) is 16.7 Å². The van der Waals surface area contributed by atoms with Crippen molar-refractivity contribution in [2.24, 2.45) is 0 Å². The van der Waals surface area contributed by atoms with E-state index in [1.807, 2.05) is 23.7 Å². The third kappa shape index (κ3) is 2.77. The van der Waals surface area contributed by atoms with Gasteiger partial charge >= 0.3 is 0 Å². The number of fused-ring (bicyclic) bond motifs is 1. The lowest BCUT2D eigenvalue weighted by atomic mass is 10.3. The van der Waals surface area contributed by atoms with Crippen LogP contribution >= 0.6 is 11.3 Å². The summed E-state index contributed by atoms with van der Waals surface area (Å²) in [6.07, 6.45) is 5.13. The van der Waals surface area contributed by atoms with Crippen molar-refractivity contribution in [2.75, 3.05) is 13.1 Å². The number of imidazole rings is 1. The maximum atomic E-state index is 12.9. The van der Waals surface area contributed by atoms with Crippen LogP contribution in [0.4, 0.5) is 0 Å². The molecule has 7 nitrogen and oxygen atoms in total. The first-order chi connectivity index (χ1) is 12.6. The Kier molecular flexibility index (Phi) is 4.21. The minimum Gasteiger partial charge on any atom is -0.391 e. The number of hydrogen-bond acceptors (Lipinski definition) is 5. The first kappa shape index (κ1) is 16.7. The number of hydrogen-bond donors (Lipinski definition) is 1. The third-order valence-electron chi connectivity index (χ3n) is 4.48. The average Bonchev–Trinajstić information content (AvgIpc) is 3.36. The van der Waals surface area contributed by atoms with Crippen LogP contribution in [0.25, 0.3) is 16.2 Å². The van der Waals surface area contributed by atoms with Gasteiger partial charge in [-0.3, -0.25) is 18.6 Å². The van der Waals surface area contributed by atoms with Gasteiger partial charge in [-0.2, -0.15) is 0 Å². The molecule has 0 unspecified atom stereocenters. The molecule has 0 radical (unpaired) electrons. The predicted octanol–water partition coefficient (Wildman–Crippen LogP) is 1.62. The number of aliphatic hydroxyl groups is 1. The van der Waals surface area contributed by atoms with Gasteiger partial charge in [0.1, 0.15) is 5.69 Å². The summed E-state index contributed by atoms with van der Waals surface area (Å²) >= 11 is 1.54. The molecule has 1 amide bonds. The normalized spacial score (nSPS) is 17.1. The van der Waals surface area contributed by atoms with E-state index in [0.29, 0.717) is 26.1 Å². The molecule has 26 heavy (non-hydrogen) atoms. The summed E-state index contributed by atoms with van der Waals surface area (Å²) in [5.41, 5.74) is 0.904. The van der Waals surface area contributed by atoms with Crippen LogP contribution in [-0.2, 0) is 6.54 Å². The van der Waals surface area contributed by atoms with Crippen LogP contribution in [0.5, 0.6) is 0 Å². The van der Waals surface area contributed by atoms with Crippen molar-refractivity contribution >= 4 is 22.9 Å². The maximum Gasteiger partial charge on any atom is 0.295 e. The molecule has 1 fully saturated rings. The predicted molar refractivity (Wildman–Crippen MR) is 99.5 cm³/mol. The number of aromatic nitrogens is 3. The zero-order valence-corrected chi connectivity index (χ0v) is 14.9. The van der Waals surface area contributed by atoms with Crippen LogP contribution in [0.3, 0.4) is 0 Å². The minimum atomic E-state index is -0.494. The molecule has 1 aliphatic rings. The highest BCUT2D eigenvalue weighted by atomic mass is 32.1. The monoisotopic (exact) mass is 370 g/mol. The van der Waals surface area contributed by atoms with Crippen molar-refractivity contribution in [1.29, 1.82) is 0 Å². The largest absolute Gasteiger partial charge is 0.391 e. The van der Waals surface area contributed by atoms with Gasteiger partial charge in [0.15, 0.2) is 0 Å². The second-order valence-corrected chi connectivity index (χ2v) is 7.19. The van der Waals surface area contributed by atoms with Gasteiger partial charge in [0.2, 0.25) is 5.65 Å². The summed E-state index contributed by atoms with van der Waals surface area (Å²) < 4.78 is 3.21. The first-order valence-corrected chi connectivity index (χ1v) is 9.21. The molecule has 1 saturated heterocycles. The number of aliphatic hydroxyl groups excluding tert-OH is 1. The highest BCUT2D eigenvalue weighted by Crippen LogP contribution is 2.24. The Labute approximate surface area is 153 Å². The van der Waals surface area contributed by atoms with Gasteiger partial charge < -0.3 is 10.0 Å². The Bertz CT molecular complexity index is 1030. The van der Waals surface area contributed by atoms with E-state index in [0.717, 1.165) is 10.6 Å². The number of carbonyl (C=O) groups is 1. The Morgan fingerprint density at radius 1 is 1.46 bits per heavy atom. The number of likely N-dealkylation sites (tertiary alicyclic amines) is 1. The van der Waals surface area contributed by atoms with Crippen LogP contribution in [0, 0.1) is 0 Å². The fourth-order valence-electron chi connectivity index (χ4n) is 3.20. The van der Waals surface area contributed by atoms with Crippen LogP contribution in [-0.4, -0.2) is 49.1 Å². The van der Waals surface area contributed by atoms with Gasteiger partial charge in [0, 0.05) is 32.0 Å². The van der Waals surface area contributed by atoms with Crippen LogP contribution in [0.15, 0.2) is 47.4 Å². The first-order valence-electron chi connectivity index (χ1n) is 8.33. The zero-order valence-electron chi connectivity index (χ0n) is 14.0. The van der Waals surface area contributed by atoms with Crippen LogP contribution in [0.2, 0.25) is 0 Å². The molecule has 4 heterocycles. The fourth-order valence-corrected chi connectivity index (χ4v) is 3.95. The van der Waals surface area contributed by atoms with Gasteiger partial charge in [-0.25, -0.2) is 4.98 Å². The zero-order chi connectivity index (χ0) is 18.3. The van der Waals surface area contributed by atoms with Gasteiger partial charge in [-0.15, -0.1) is 17.9 Å². The summed E-state index contributed by atoms with van der Waals surface area (Å²) in [6.45, 7) is 4.88. The third-order valence-corrected chi connectivity index (χ3v) is 5.37.